The number of carbonyl (C=O) groups is 1. The van der Waals surface area contributed by atoms with Crippen LogP contribution in [-0.4, -0.2) is 18.6 Å². The predicted octanol–water partition coefficient (Wildman–Crippen LogP) is 4.20. The van der Waals surface area contributed by atoms with E-state index in [1.807, 2.05) is 26.0 Å². The minimum atomic E-state index is -0.0901. The summed E-state index contributed by atoms with van der Waals surface area (Å²) in [5.74, 6) is 0.344. The molecule has 21 heavy (non-hydrogen) atoms. The summed E-state index contributed by atoms with van der Waals surface area (Å²) < 4.78 is 5.38. The van der Waals surface area contributed by atoms with Crippen molar-refractivity contribution >= 4 is 34.4 Å². The van der Waals surface area contributed by atoms with Gasteiger partial charge < -0.3 is 4.74 Å². The largest absolute Gasteiger partial charge is 0.495 e. The number of aliphatic imine (C=N–C) groups is 1. The molecule has 0 N–H and O–H groups in total. The summed E-state index contributed by atoms with van der Waals surface area (Å²) in [4.78, 5) is 19.0. The van der Waals surface area contributed by atoms with Gasteiger partial charge >= 0.3 is 0 Å². The van der Waals surface area contributed by atoms with E-state index >= 15 is 0 Å². The molecular weight excluding hydrogens is 306 g/mol. The molecule has 0 aromatic carbocycles. The van der Waals surface area contributed by atoms with E-state index in [9.17, 15) is 4.79 Å². The van der Waals surface area contributed by atoms with Gasteiger partial charge in [-0.15, -0.1) is 11.3 Å². The number of hydrogen-bond acceptors (Lipinski definition) is 4. The van der Waals surface area contributed by atoms with Gasteiger partial charge in [0.15, 0.2) is 0 Å². The first-order valence-electron chi connectivity index (χ1n) is 6.48. The van der Waals surface area contributed by atoms with Crippen molar-refractivity contribution in [1.29, 1.82) is 0 Å². The maximum Gasteiger partial charge on any atom is 0.207 e. The smallest absolute Gasteiger partial charge is 0.207 e. The van der Waals surface area contributed by atoms with Crippen LogP contribution < -0.4 is 0 Å². The number of methoxy groups -OCH3 is 1. The highest BCUT2D eigenvalue weighted by molar-refractivity contribution is 7.14. The van der Waals surface area contributed by atoms with E-state index in [2.05, 4.69) is 11.1 Å². The second-order valence-electron chi connectivity index (χ2n) is 4.87. The van der Waals surface area contributed by atoms with E-state index in [0.29, 0.717) is 33.2 Å². The molecule has 5 heteroatoms. The standard InChI is InChI=1S/C16H13ClNO2S/c1-8-6-10-12(18-8)7-11(17)16(20-3)14(10)15(19)13-5-4-9(2)21-13/h4-5H,7H2,1-3H3. The zero-order chi connectivity index (χ0) is 15.1. The van der Waals surface area contributed by atoms with Crippen molar-refractivity contribution < 1.29 is 9.53 Å². The number of halogens is 1. The summed E-state index contributed by atoms with van der Waals surface area (Å²) in [6.07, 6.45) is 3.63. The summed E-state index contributed by atoms with van der Waals surface area (Å²) in [5, 5.41) is 0.508. The van der Waals surface area contributed by atoms with E-state index in [-0.39, 0.29) is 5.78 Å². The first-order valence-corrected chi connectivity index (χ1v) is 7.67. The molecule has 1 aromatic heterocycles. The highest BCUT2D eigenvalue weighted by Crippen LogP contribution is 2.37. The number of ether oxygens (including phenoxy) is 1. The average Bonchev–Trinajstić information content (AvgIpc) is 3.01. The fourth-order valence-electron chi connectivity index (χ4n) is 2.46. The highest BCUT2D eigenvalue weighted by atomic mass is 35.5. The van der Waals surface area contributed by atoms with Crippen LogP contribution in [0.2, 0.25) is 0 Å². The Kier molecular flexibility index (Phi) is 3.59. The molecule has 3 nitrogen and oxygen atoms in total. The monoisotopic (exact) mass is 318 g/mol. The summed E-state index contributed by atoms with van der Waals surface area (Å²) in [6.45, 7) is 3.83. The van der Waals surface area contributed by atoms with Gasteiger partial charge in [-0.25, -0.2) is 0 Å². The fraction of sp³-hybridized carbons (Fsp3) is 0.250. The molecule has 0 unspecified atom stereocenters. The molecule has 3 rings (SSSR count). The average molecular weight is 319 g/mol. The Balaban J connectivity index is 2.17. The summed E-state index contributed by atoms with van der Waals surface area (Å²) in [7, 11) is 1.53. The van der Waals surface area contributed by atoms with Gasteiger partial charge in [-0.05, 0) is 26.0 Å². The SMILES string of the molecule is COC1=C(Cl)CC2=NC(C)=[C]C2=C1C(=O)c1ccc(C)s1. The molecule has 1 radical (unpaired) electrons. The van der Waals surface area contributed by atoms with Gasteiger partial charge in [-0.1, -0.05) is 11.6 Å². The third-order valence-corrected chi connectivity index (χ3v) is 4.64. The molecule has 0 atom stereocenters. The van der Waals surface area contributed by atoms with Gasteiger partial charge in [0.25, 0.3) is 0 Å². The van der Waals surface area contributed by atoms with E-state index in [4.69, 9.17) is 16.3 Å². The summed E-state index contributed by atoms with van der Waals surface area (Å²) in [5.41, 5.74) is 2.72. The first-order chi connectivity index (χ1) is 10.0. The second kappa shape index (κ2) is 5.28. The zero-order valence-electron chi connectivity index (χ0n) is 11.9. The number of nitrogens with zero attached hydrogens (tertiary/aromatic N) is 1. The molecule has 0 spiro atoms. The molecule has 2 aliphatic rings. The number of Topliss-reactive ketones (excluding diaryl/α,β-unsaturated/α-hetero) is 1. The van der Waals surface area contributed by atoms with Crippen molar-refractivity contribution in [3.63, 3.8) is 0 Å². The number of thiophene rings is 1. The number of ketones is 1. The summed E-state index contributed by atoms with van der Waals surface area (Å²) >= 11 is 7.74. The van der Waals surface area contributed by atoms with Crippen LogP contribution in [0, 0.1) is 13.0 Å². The Morgan fingerprint density at radius 2 is 2.19 bits per heavy atom. The zero-order valence-corrected chi connectivity index (χ0v) is 13.5. The van der Waals surface area contributed by atoms with Crippen molar-refractivity contribution in [2.75, 3.05) is 7.11 Å². The van der Waals surface area contributed by atoms with Crippen LogP contribution in [0.1, 0.15) is 27.9 Å². The van der Waals surface area contributed by atoms with Crippen LogP contribution in [0.5, 0.6) is 0 Å². The van der Waals surface area contributed by atoms with Crippen LogP contribution in [0.25, 0.3) is 0 Å². The first kappa shape index (κ1) is 14.3. The van der Waals surface area contributed by atoms with Crippen LogP contribution in [-0.2, 0) is 4.74 Å². The lowest BCUT2D eigenvalue weighted by Crippen LogP contribution is -2.18. The minimum Gasteiger partial charge on any atom is -0.495 e. The lowest BCUT2D eigenvalue weighted by molar-refractivity contribution is 0.103. The van der Waals surface area contributed by atoms with Crippen LogP contribution in [0.3, 0.4) is 0 Å². The van der Waals surface area contributed by atoms with Crippen molar-refractivity contribution in [1.82, 2.24) is 0 Å². The van der Waals surface area contributed by atoms with Gasteiger partial charge in [0.2, 0.25) is 5.78 Å². The molecule has 1 aromatic rings. The number of hydrogen-bond donors (Lipinski definition) is 0. The van der Waals surface area contributed by atoms with Crippen LogP contribution in [0.15, 0.2) is 44.8 Å². The van der Waals surface area contributed by atoms with Gasteiger partial charge in [-0.3, -0.25) is 9.79 Å². The Hall–Kier alpha value is -1.65. The normalized spacial score (nSPS) is 17.7. The molecule has 107 valence electrons. The predicted molar refractivity (Wildman–Crippen MR) is 84.8 cm³/mol. The third-order valence-electron chi connectivity index (χ3n) is 3.34. The number of rotatable bonds is 3. The van der Waals surface area contributed by atoms with E-state index < -0.39 is 0 Å². The molecule has 2 heterocycles. The molecule has 0 saturated heterocycles. The topological polar surface area (TPSA) is 38.7 Å². The molecule has 0 bridgehead atoms. The van der Waals surface area contributed by atoms with Crippen molar-refractivity contribution in [2.24, 2.45) is 4.99 Å². The van der Waals surface area contributed by atoms with E-state index in [0.717, 1.165) is 16.3 Å². The van der Waals surface area contributed by atoms with Crippen LogP contribution >= 0.6 is 22.9 Å². The lowest BCUT2D eigenvalue weighted by atomic mass is 9.91. The van der Waals surface area contributed by atoms with Gasteiger partial charge in [0.1, 0.15) is 5.76 Å². The Morgan fingerprint density at radius 1 is 1.43 bits per heavy atom. The summed E-state index contributed by atoms with van der Waals surface area (Å²) in [6, 6.07) is 3.76. The van der Waals surface area contributed by atoms with Crippen molar-refractivity contribution in [2.45, 2.75) is 20.3 Å². The van der Waals surface area contributed by atoms with E-state index in [1.54, 1.807) is 0 Å². The lowest BCUT2D eigenvalue weighted by Gasteiger charge is -2.19. The highest BCUT2D eigenvalue weighted by Gasteiger charge is 2.33. The third kappa shape index (κ3) is 2.39. The van der Waals surface area contributed by atoms with Crippen LogP contribution in [0.4, 0.5) is 0 Å². The second-order valence-corrected chi connectivity index (χ2v) is 6.62. The number of allylic oxidation sites excluding steroid dienone is 5. The van der Waals surface area contributed by atoms with E-state index in [1.165, 1.54) is 18.4 Å². The number of fused-ring (bicyclic) bond motifs is 1. The van der Waals surface area contributed by atoms with Gasteiger partial charge in [-0.2, -0.15) is 0 Å². The number of carbonyl (C=O) groups excluding carboxylic acids is 1. The van der Waals surface area contributed by atoms with Gasteiger partial charge in [0.05, 0.1) is 28.3 Å². The Labute approximate surface area is 132 Å². The van der Waals surface area contributed by atoms with Gasteiger partial charge in [0, 0.05) is 28.6 Å². The molecule has 0 saturated carbocycles. The quantitative estimate of drug-likeness (QED) is 0.783. The molecule has 1 aliphatic heterocycles. The fourth-order valence-corrected chi connectivity index (χ4v) is 3.57. The van der Waals surface area contributed by atoms with Crippen molar-refractivity contribution in [3.05, 3.63) is 55.6 Å². The molecule has 0 amide bonds. The maximum absolute atomic E-state index is 12.9. The minimum absolute atomic E-state index is 0.0901. The maximum atomic E-state index is 12.9. The molecule has 0 fully saturated rings. The Morgan fingerprint density at radius 3 is 2.81 bits per heavy atom. The molecule has 1 aliphatic carbocycles. The van der Waals surface area contributed by atoms with Crippen molar-refractivity contribution in [3.8, 4) is 0 Å². The molecular formula is C16H13ClNO2S. The Bertz CT molecular complexity index is 765. The number of aryl methyl sites for hydroxylation is 1.